The highest BCUT2D eigenvalue weighted by Crippen LogP contribution is 2.36. The average molecular weight is 459 g/mol. The van der Waals surface area contributed by atoms with Crippen LogP contribution in [-0.2, 0) is 7.05 Å². The van der Waals surface area contributed by atoms with E-state index in [1.165, 1.54) is 34.4 Å². The van der Waals surface area contributed by atoms with Gasteiger partial charge in [-0.2, -0.15) is 0 Å². The highest BCUT2D eigenvalue weighted by atomic mass is 32.2. The molecule has 0 bridgehead atoms. The molecule has 5 aromatic rings. The molecule has 0 fully saturated rings. The number of thioether (sulfide) groups is 1. The van der Waals surface area contributed by atoms with Crippen molar-refractivity contribution >= 4 is 66.2 Å². The van der Waals surface area contributed by atoms with Crippen LogP contribution < -0.4 is 11.1 Å². The van der Waals surface area contributed by atoms with Gasteiger partial charge >= 0.3 is 0 Å². The van der Waals surface area contributed by atoms with Crippen molar-refractivity contribution < 1.29 is 0 Å². The maximum Gasteiger partial charge on any atom is 0.262 e. The predicted octanol–water partition coefficient (Wildman–Crippen LogP) is 4.87. The molecule has 146 valence electrons. The van der Waals surface area contributed by atoms with Crippen molar-refractivity contribution in [3.63, 3.8) is 0 Å². The number of thiophene rings is 3. The number of aromatic amines is 1. The Balaban J connectivity index is 1.54. The lowest BCUT2D eigenvalue weighted by molar-refractivity contribution is 0.724. The van der Waals surface area contributed by atoms with Crippen molar-refractivity contribution in [3.8, 4) is 10.4 Å². The first-order valence-corrected chi connectivity index (χ1v) is 12.2. The van der Waals surface area contributed by atoms with Crippen LogP contribution in [0.4, 0.5) is 0 Å². The highest BCUT2D eigenvalue weighted by molar-refractivity contribution is 7.99. The molecule has 1 atom stereocenters. The predicted molar refractivity (Wildman–Crippen MR) is 123 cm³/mol. The lowest BCUT2D eigenvalue weighted by Crippen LogP contribution is -2.20. The first kappa shape index (κ1) is 18.7. The Kier molecular flexibility index (Phi) is 4.66. The van der Waals surface area contributed by atoms with Crippen LogP contribution in [0.1, 0.15) is 18.0 Å². The fourth-order valence-electron chi connectivity index (χ4n) is 3.07. The molecular formula is C19H14N4O2S4. The Labute approximate surface area is 180 Å². The molecule has 6 nitrogen and oxygen atoms in total. The summed E-state index contributed by atoms with van der Waals surface area (Å²) in [6, 6.07) is 5.77. The minimum Gasteiger partial charge on any atom is -0.309 e. The molecule has 5 rings (SSSR count). The Hall–Kier alpha value is -2.27. The molecule has 0 aromatic carbocycles. The normalized spacial score (nSPS) is 12.8. The molecule has 0 aliphatic rings. The number of nitrogens with zero attached hydrogens (tertiary/aromatic N) is 3. The summed E-state index contributed by atoms with van der Waals surface area (Å²) in [5, 5.41) is 7.53. The van der Waals surface area contributed by atoms with Gasteiger partial charge in [-0.3, -0.25) is 14.2 Å². The zero-order valence-electron chi connectivity index (χ0n) is 15.3. The lowest BCUT2D eigenvalue weighted by atomic mass is 10.2. The van der Waals surface area contributed by atoms with Gasteiger partial charge in [-0.15, -0.1) is 34.0 Å². The van der Waals surface area contributed by atoms with E-state index in [1.54, 1.807) is 29.0 Å². The minimum absolute atomic E-state index is 0.0679. The second-order valence-electron chi connectivity index (χ2n) is 6.42. The fourth-order valence-corrected chi connectivity index (χ4v) is 6.58. The van der Waals surface area contributed by atoms with Gasteiger partial charge in [0.25, 0.3) is 11.1 Å². The SMILES string of the molecule is C[C@@H](Sc1nc2sccc2c(=O)n1C)c1nc2scc(-c3cccs3)c2c(=O)[nH]1. The maximum absolute atomic E-state index is 12.8. The largest absolute Gasteiger partial charge is 0.309 e. The number of hydrogen-bond acceptors (Lipinski definition) is 8. The molecule has 0 saturated carbocycles. The van der Waals surface area contributed by atoms with Crippen molar-refractivity contribution in [2.75, 3.05) is 0 Å². The Morgan fingerprint density at radius 3 is 2.76 bits per heavy atom. The fraction of sp³-hybridized carbons (Fsp3) is 0.158. The van der Waals surface area contributed by atoms with Crippen LogP contribution in [0.15, 0.2) is 49.1 Å². The number of H-pyrrole nitrogens is 1. The summed E-state index contributed by atoms with van der Waals surface area (Å²) in [4.78, 5) is 40.1. The summed E-state index contributed by atoms with van der Waals surface area (Å²) >= 11 is 5.93. The van der Waals surface area contributed by atoms with E-state index in [0.29, 0.717) is 21.8 Å². The van der Waals surface area contributed by atoms with Crippen molar-refractivity contribution in [1.82, 2.24) is 19.5 Å². The monoisotopic (exact) mass is 458 g/mol. The van der Waals surface area contributed by atoms with Crippen LogP contribution >= 0.6 is 45.8 Å². The molecule has 29 heavy (non-hydrogen) atoms. The lowest BCUT2D eigenvalue weighted by Gasteiger charge is -2.12. The van der Waals surface area contributed by atoms with Gasteiger partial charge in [0.2, 0.25) is 0 Å². The van der Waals surface area contributed by atoms with E-state index in [1.807, 2.05) is 35.2 Å². The summed E-state index contributed by atoms with van der Waals surface area (Å²) in [5.74, 6) is 0.576. The Bertz CT molecular complexity index is 1460. The molecule has 0 amide bonds. The van der Waals surface area contributed by atoms with E-state index in [0.717, 1.165) is 20.1 Å². The summed E-state index contributed by atoms with van der Waals surface area (Å²) in [6.07, 6.45) is 0. The van der Waals surface area contributed by atoms with E-state index in [9.17, 15) is 9.59 Å². The third-order valence-electron chi connectivity index (χ3n) is 4.58. The van der Waals surface area contributed by atoms with Gasteiger partial charge in [0.15, 0.2) is 5.16 Å². The number of fused-ring (bicyclic) bond motifs is 2. The molecule has 1 N–H and O–H groups in total. The first-order valence-electron chi connectivity index (χ1n) is 8.69. The molecule has 0 aliphatic carbocycles. The van der Waals surface area contributed by atoms with Crippen molar-refractivity contribution in [2.45, 2.75) is 17.3 Å². The van der Waals surface area contributed by atoms with Gasteiger partial charge in [-0.1, -0.05) is 17.8 Å². The van der Waals surface area contributed by atoms with Gasteiger partial charge in [-0.25, -0.2) is 9.97 Å². The summed E-state index contributed by atoms with van der Waals surface area (Å²) in [6.45, 7) is 1.95. The van der Waals surface area contributed by atoms with Crippen molar-refractivity contribution in [2.24, 2.45) is 7.05 Å². The van der Waals surface area contributed by atoms with Crippen molar-refractivity contribution in [1.29, 1.82) is 0 Å². The van der Waals surface area contributed by atoms with Crippen LogP contribution in [-0.4, -0.2) is 19.5 Å². The number of hydrogen-bond donors (Lipinski definition) is 1. The second-order valence-corrected chi connectivity index (χ2v) is 10.4. The smallest absolute Gasteiger partial charge is 0.262 e. The van der Waals surface area contributed by atoms with Gasteiger partial charge < -0.3 is 4.98 Å². The highest BCUT2D eigenvalue weighted by Gasteiger charge is 2.19. The molecule has 0 saturated heterocycles. The summed E-state index contributed by atoms with van der Waals surface area (Å²) in [7, 11) is 1.72. The third-order valence-corrected chi connectivity index (χ3v) is 8.31. The van der Waals surface area contributed by atoms with E-state index >= 15 is 0 Å². The van der Waals surface area contributed by atoms with Crippen LogP contribution in [0.3, 0.4) is 0 Å². The molecule has 5 aromatic heterocycles. The second kappa shape index (κ2) is 7.21. The molecule has 10 heteroatoms. The molecule has 0 unspecified atom stereocenters. The third kappa shape index (κ3) is 3.16. The van der Waals surface area contributed by atoms with Crippen LogP contribution in [0.25, 0.3) is 30.9 Å². The molecule has 0 radical (unpaired) electrons. The van der Waals surface area contributed by atoms with Crippen LogP contribution in [0, 0.1) is 0 Å². The van der Waals surface area contributed by atoms with E-state index in [4.69, 9.17) is 4.98 Å². The molecular weight excluding hydrogens is 445 g/mol. The van der Waals surface area contributed by atoms with E-state index < -0.39 is 0 Å². The van der Waals surface area contributed by atoms with Gasteiger partial charge in [0.05, 0.1) is 16.0 Å². The van der Waals surface area contributed by atoms with E-state index in [2.05, 4.69) is 9.97 Å². The molecule has 0 aliphatic heterocycles. The van der Waals surface area contributed by atoms with E-state index in [-0.39, 0.29) is 16.4 Å². The van der Waals surface area contributed by atoms with Crippen LogP contribution in [0.5, 0.6) is 0 Å². The molecule has 5 heterocycles. The average Bonchev–Trinajstić information content (AvgIpc) is 3.44. The zero-order chi connectivity index (χ0) is 20.1. The van der Waals surface area contributed by atoms with Crippen LogP contribution in [0.2, 0.25) is 0 Å². The quantitative estimate of drug-likeness (QED) is 0.307. The first-order chi connectivity index (χ1) is 14.0. The van der Waals surface area contributed by atoms with Gasteiger partial charge in [0, 0.05) is 22.9 Å². The topological polar surface area (TPSA) is 80.6 Å². The van der Waals surface area contributed by atoms with Gasteiger partial charge in [-0.05, 0) is 29.8 Å². The zero-order valence-corrected chi connectivity index (χ0v) is 18.6. The summed E-state index contributed by atoms with van der Waals surface area (Å²) in [5.41, 5.74) is 0.715. The standard InChI is InChI=1S/C19H14N4O2S4/c1-9(29-19-22-16-10(5-7-27-16)18(25)23(19)2)14-20-15(24)13-11(8-28-17(13)21-14)12-4-3-6-26-12/h3-9H,1-2H3,(H,20,21,24)/t9-/m1/s1. The Morgan fingerprint density at radius 1 is 1.10 bits per heavy atom. The minimum atomic E-state index is -0.171. The van der Waals surface area contributed by atoms with Gasteiger partial charge in [0.1, 0.15) is 15.5 Å². The number of nitrogens with one attached hydrogen (secondary N) is 1. The number of rotatable bonds is 4. The Morgan fingerprint density at radius 2 is 1.97 bits per heavy atom. The summed E-state index contributed by atoms with van der Waals surface area (Å²) < 4.78 is 1.55. The number of aromatic nitrogens is 4. The van der Waals surface area contributed by atoms with Crippen molar-refractivity contribution in [3.05, 3.63) is 60.9 Å². The maximum atomic E-state index is 12.8. The molecule has 0 spiro atoms.